The number of nitrogens with two attached hydrogens (primary N) is 4. The third kappa shape index (κ3) is 12.6. The highest BCUT2D eigenvalue weighted by molar-refractivity contribution is 7.74. The average molecular weight is 872 g/mol. The Morgan fingerprint density at radius 1 is 0.375 bits per heavy atom. The maximum absolute atomic E-state index is 12.6. The largest absolute Gasteiger partial charge is 0.342 e. The molecule has 0 fully saturated rings. The van der Waals surface area contributed by atoms with Crippen LogP contribution in [0.3, 0.4) is 0 Å². The van der Waals surface area contributed by atoms with Crippen LogP contribution >= 0.6 is 60.8 Å². The van der Waals surface area contributed by atoms with Crippen molar-refractivity contribution >= 4 is 60.8 Å². The van der Waals surface area contributed by atoms with Crippen LogP contribution in [0.1, 0.15) is 19.3 Å². The first kappa shape index (κ1) is 51.1. The summed E-state index contributed by atoms with van der Waals surface area (Å²) in [6.45, 7) is -0.204. The zero-order chi connectivity index (χ0) is 39.6. The molecule has 0 saturated carbocycles. The molecule has 0 aromatic heterocycles. The molecule has 0 saturated heterocycles. The summed E-state index contributed by atoms with van der Waals surface area (Å²) in [7, 11) is -57.9. The van der Waals surface area contributed by atoms with Gasteiger partial charge < -0.3 is 101 Å². The van der Waals surface area contributed by atoms with Gasteiger partial charge in [-0.1, -0.05) is 0 Å². The monoisotopic (exact) mass is 872 g/mol. The Morgan fingerprint density at radius 2 is 0.562 bits per heavy atom. The molecule has 292 valence electrons. The first-order valence-corrected chi connectivity index (χ1v) is 25.5. The van der Waals surface area contributed by atoms with Crippen molar-refractivity contribution in [3.63, 3.8) is 0 Å². The molecule has 0 amide bonds. The van der Waals surface area contributed by atoms with Gasteiger partial charge in [0, 0.05) is 5.41 Å². The Labute approximate surface area is 270 Å². The van der Waals surface area contributed by atoms with Crippen molar-refractivity contribution < 1.29 is 115 Å². The van der Waals surface area contributed by atoms with Crippen molar-refractivity contribution in [2.45, 2.75) is 46.4 Å². The summed E-state index contributed by atoms with van der Waals surface area (Å²) < 4.78 is 100. The van der Waals surface area contributed by atoms with Crippen LogP contribution in [0.2, 0.25) is 0 Å². The molecule has 28 nitrogen and oxygen atoms in total. The molecule has 36 heteroatoms. The van der Waals surface area contributed by atoms with E-state index in [0.29, 0.717) is 0 Å². The second-order valence-electron chi connectivity index (χ2n) is 10.0. The van der Waals surface area contributed by atoms with E-state index in [9.17, 15) is 115 Å². The van der Waals surface area contributed by atoms with Crippen LogP contribution < -0.4 is 22.9 Å². The van der Waals surface area contributed by atoms with Crippen molar-refractivity contribution in [2.75, 3.05) is 19.6 Å². The van der Waals surface area contributed by atoms with E-state index in [4.69, 9.17) is 22.9 Å². The predicted octanol–water partition coefficient (Wildman–Crippen LogP) is -4.57. The van der Waals surface area contributed by atoms with Crippen LogP contribution in [0, 0.1) is 5.41 Å². The lowest BCUT2D eigenvalue weighted by Gasteiger charge is -2.59. The van der Waals surface area contributed by atoms with Crippen molar-refractivity contribution in [3.8, 4) is 0 Å². The van der Waals surface area contributed by atoms with Crippen LogP contribution in [0.4, 0.5) is 0 Å². The summed E-state index contributed by atoms with van der Waals surface area (Å²) in [5.41, 5.74) is 10.1. The van der Waals surface area contributed by atoms with E-state index in [1.165, 1.54) is 0 Å². The van der Waals surface area contributed by atoms with E-state index in [1.807, 2.05) is 0 Å². The molecule has 0 rings (SSSR count). The lowest BCUT2D eigenvalue weighted by molar-refractivity contribution is 0.0938. The predicted molar refractivity (Wildman–Crippen MR) is 162 cm³/mol. The minimum absolute atomic E-state index is 0.775. The van der Waals surface area contributed by atoms with Crippen molar-refractivity contribution in [2.24, 2.45) is 28.3 Å². The molecule has 0 aliphatic carbocycles. The molecule has 0 bridgehead atoms. The molecule has 0 heterocycles. The molecular weight excluding hydrogens is 832 g/mol. The molecular formula is C12H40N4O24P8. The highest BCUT2D eigenvalue weighted by Gasteiger charge is 2.83. The van der Waals surface area contributed by atoms with Gasteiger partial charge in [0.15, 0.2) is 21.6 Å². The van der Waals surface area contributed by atoms with Crippen molar-refractivity contribution in [3.05, 3.63) is 0 Å². The van der Waals surface area contributed by atoms with Crippen LogP contribution in [0.15, 0.2) is 0 Å². The fourth-order valence-corrected chi connectivity index (χ4v) is 20.7. The van der Waals surface area contributed by atoms with E-state index in [-0.39, 0.29) is 0 Å². The Balaban J connectivity index is 0. The van der Waals surface area contributed by atoms with Gasteiger partial charge in [-0.05, 0) is 38.9 Å². The van der Waals surface area contributed by atoms with Gasteiger partial charge in [-0.15, -0.1) is 0 Å². The quantitative estimate of drug-likeness (QED) is 0.0455. The summed E-state index contributed by atoms with van der Waals surface area (Å²) in [4.78, 5) is 158. The summed E-state index contributed by atoms with van der Waals surface area (Å²) in [5, 5.41) is -19.1. The molecule has 48 heavy (non-hydrogen) atoms. The molecule has 0 radical (unpaired) electrons. The minimum atomic E-state index is -7.25. The van der Waals surface area contributed by atoms with Gasteiger partial charge in [0.25, 0.3) is 0 Å². The number of rotatable bonds is 18. The van der Waals surface area contributed by atoms with Crippen molar-refractivity contribution in [1.82, 2.24) is 0 Å². The molecule has 0 atom stereocenters. The van der Waals surface area contributed by atoms with Gasteiger partial charge in [0.05, 0.1) is 5.54 Å². The van der Waals surface area contributed by atoms with Crippen LogP contribution in [-0.4, -0.2) is 125 Å². The lowest BCUT2D eigenvalue weighted by atomic mass is 9.71. The standard InChI is InChI=1S/C8H28N2O24P8.C4H12N2/c9-2-1-7(3(35(11,12)13)36(14,15)16,4(37(17,18)19)38(20,21)22)8(10,5(39(23,24)25)40(26,27)28)6(41(29,30)31)42(32,33)34;5-3-1-2-4-6/h3-6H,1-2,9-10H2,(H2,11,12,13)(H2,14,15,16)(H2,17,18,19)(H2,20,21,22)(H2,23,24,25)(H2,26,27,28)(H2,29,30,31)(H2,32,33,34);1-6H2. The minimum Gasteiger partial charge on any atom is -0.330 e. The van der Waals surface area contributed by atoms with Gasteiger partial charge in [-0.25, -0.2) is 0 Å². The Bertz CT molecular complexity index is 1290. The first-order chi connectivity index (χ1) is 20.7. The highest BCUT2D eigenvalue weighted by Crippen LogP contribution is 2.85. The fourth-order valence-electron chi connectivity index (χ4n) is 5.29. The van der Waals surface area contributed by atoms with Crippen LogP contribution in [0.25, 0.3) is 0 Å². The second kappa shape index (κ2) is 17.0. The van der Waals surface area contributed by atoms with Gasteiger partial charge in [-0.3, -0.25) is 36.5 Å². The first-order valence-electron chi connectivity index (χ1n) is 12.0. The van der Waals surface area contributed by atoms with E-state index in [1.54, 1.807) is 0 Å². The summed E-state index contributed by atoms with van der Waals surface area (Å²) in [5.74, 6) is 0. The molecule has 0 spiro atoms. The molecule has 0 aromatic carbocycles. The SMILES string of the molecule is NCCC(C(P(=O)(O)O)P(=O)(O)O)(C(P(=O)(O)O)P(=O)(O)O)C(N)(C(P(=O)(O)O)P(=O)(O)O)C(P(=O)(O)O)P(=O)(O)O.NCCCCN. The molecule has 24 N–H and O–H groups in total. The normalized spacial score (nSPS) is 15.3. The average Bonchev–Trinajstić information content (AvgIpc) is 2.69. The number of hydrogen-bond donors (Lipinski definition) is 20. The maximum atomic E-state index is 12.6. The van der Waals surface area contributed by atoms with E-state index in [2.05, 4.69) is 0 Å². The van der Waals surface area contributed by atoms with Crippen LogP contribution in [0.5, 0.6) is 0 Å². The van der Waals surface area contributed by atoms with E-state index >= 15 is 0 Å². The molecule has 0 unspecified atom stereocenters. The highest BCUT2D eigenvalue weighted by atomic mass is 31.3. The van der Waals surface area contributed by atoms with Crippen LogP contribution in [-0.2, 0) is 36.5 Å². The smallest absolute Gasteiger partial charge is 0.330 e. The Kier molecular flexibility index (Phi) is 18.1. The van der Waals surface area contributed by atoms with Gasteiger partial charge in [0.2, 0.25) is 0 Å². The molecule has 0 aromatic rings. The molecule has 0 aliphatic heterocycles. The number of unbranched alkanes of at least 4 members (excludes halogenated alkanes) is 1. The third-order valence-electron chi connectivity index (χ3n) is 6.35. The zero-order valence-corrected chi connectivity index (χ0v) is 31.0. The molecule has 0 aliphatic rings. The Hall–Kier alpha value is 1.04. The van der Waals surface area contributed by atoms with Gasteiger partial charge >= 0.3 is 60.8 Å². The topological polar surface area (TPSA) is 564 Å². The fraction of sp³-hybridized carbons (Fsp3) is 1.00. The summed E-state index contributed by atoms with van der Waals surface area (Å²) in [6, 6.07) is 0. The summed E-state index contributed by atoms with van der Waals surface area (Å²) in [6.07, 6.45) is -0.300. The zero-order valence-electron chi connectivity index (χ0n) is 23.9. The number of hydrogen-bond acceptors (Lipinski definition) is 12. The Morgan fingerprint density at radius 3 is 0.688 bits per heavy atom. The van der Waals surface area contributed by atoms with E-state index < -0.39 is 106 Å². The summed E-state index contributed by atoms with van der Waals surface area (Å²) >= 11 is 0. The van der Waals surface area contributed by atoms with Gasteiger partial charge in [0.1, 0.15) is 0 Å². The maximum Gasteiger partial charge on any atom is 0.342 e. The van der Waals surface area contributed by atoms with Gasteiger partial charge in [-0.2, -0.15) is 0 Å². The van der Waals surface area contributed by atoms with E-state index in [0.717, 1.165) is 25.9 Å². The van der Waals surface area contributed by atoms with Crippen molar-refractivity contribution in [1.29, 1.82) is 0 Å². The third-order valence-corrected chi connectivity index (χ3v) is 22.2. The lowest BCUT2D eigenvalue weighted by Crippen LogP contribution is -2.74. The second-order valence-corrected chi connectivity index (χ2v) is 25.2.